The second-order valence-corrected chi connectivity index (χ2v) is 5.44. The molecule has 0 aliphatic carbocycles. The first-order chi connectivity index (χ1) is 9.99. The highest BCUT2D eigenvalue weighted by Gasteiger charge is 2.38. The summed E-state index contributed by atoms with van der Waals surface area (Å²) in [6.07, 6.45) is 1.45. The van der Waals surface area contributed by atoms with Crippen LogP contribution in [0.3, 0.4) is 0 Å². The largest absolute Gasteiger partial charge is 0.367 e. The fraction of sp³-hybridized carbons (Fsp3) is 0.200. The standard InChI is InChI=1S/C15H15BrFN3O/c1-2-15(14(18)21,13-8-7-10(17)9-19-13)20-12-6-4-3-5-11(12)16/h3-9,20H,2H2,1H3,(H2,18,21). The van der Waals surface area contributed by atoms with Gasteiger partial charge in [-0.3, -0.25) is 9.78 Å². The molecule has 0 saturated heterocycles. The van der Waals surface area contributed by atoms with Gasteiger partial charge in [-0.2, -0.15) is 0 Å². The first-order valence-electron chi connectivity index (χ1n) is 6.44. The van der Waals surface area contributed by atoms with Crippen molar-refractivity contribution in [3.63, 3.8) is 0 Å². The highest BCUT2D eigenvalue weighted by atomic mass is 79.9. The number of para-hydroxylation sites is 1. The molecule has 1 aromatic heterocycles. The lowest BCUT2D eigenvalue weighted by Gasteiger charge is -2.31. The summed E-state index contributed by atoms with van der Waals surface area (Å²) < 4.78 is 13.9. The van der Waals surface area contributed by atoms with Crippen molar-refractivity contribution in [2.45, 2.75) is 18.9 Å². The molecule has 1 amide bonds. The van der Waals surface area contributed by atoms with E-state index in [4.69, 9.17) is 5.73 Å². The first-order valence-corrected chi connectivity index (χ1v) is 7.23. The van der Waals surface area contributed by atoms with Crippen molar-refractivity contribution in [3.05, 3.63) is 58.6 Å². The number of rotatable bonds is 5. The number of hydrogen-bond acceptors (Lipinski definition) is 3. The smallest absolute Gasteiger partial charge is 0.249 e. The summed E-state index contributed by atoms with van der Waals surface area (Å²) in [6, 6.07) is 10.1. The van der Waals surface area contributed by atoms with E-state index in [-0.39, 0.29) is 0 Å². The molecule has 0 saturated carbocycles. The van der Waals surface area contributed by atoms with E-state index in [0.29, 0.717) is 17.8 Å². The number of carbonyl (C=O) groups excluding carboxylic acids is 1. The number of nitrogens with one attached hydrogen (secondary N) is 1. The van der Waals surface area contributed by atoms with Gasteiger partial charge in [-0.15, -0.1) is 0 Å². The van der Waals surface area contributed by atoms with Crippen LogP contribution in [0.5, 0.6) is 0 Å². The van der Waals surface area contributed by atoms with Crippen molar-refractivity contribution in [1.29, 1.82) is 0 Å². The fourth-order valence-electron chi connectivity index (χ4n) is 2.12. The lowest BCUT2D eigenvalue weighted by atomic mass is 9.90. The Bertz CT molecular complexity index is 648. The van der Waals surface area contributed by atoms with Gasteiger partial charge in [0.1, 0.15) is 5.82 Å². The maximum absolute atomic E-state index is 13.1. The molecule has 4 nitrogen and oxygen atoms in total. The van der Waals surface area contributed by atoms with Crippen LogP contribution in [0, 0.1) is 5.82 Å². The van der Waals surface area contributed by atoms with Crippen LogP contribution >= 0.6 is 15.9 Å². The van der Waals surface area contributed by atoms with Crippen LogP contribution in [0.1, 0.15) is 19.0 Å². The fourth-order valence-corrected chi connectivity index (χ4v) is 2.50. The first kappa shape index (κ1) is 15.4. The Morgan fingerprint density at radius 1 is 1.38 bits per heavy atom. The zero-order valence-electron chi connectivity index (χ0n) is 11.4. The number of benzene rings is 1. The molecule has 1 unspecified atom stereocenters. The number of anilines is 1. The number of nitrogens with two attached hydrogens (primary N) is 1. The van der Waals surface area contributed by atoms with Gasteiger partial charge in [0.15, 0.2) is 5.54 Å². The quantitative estimate of drug-likeness (QED) is 0.869. The summed E-state index contributed by atoms with van der Waals surface area (Å²) in [6.45, 7) is 1.82. The lowest BCUT2D eigenvalue weighted by Crippen LogP contribution is -2.48. The Labute approximate surface area is 130 Å². The number of halogens is 2. The van der Waals surface area contributed by atoms with E-state index in [1.807, 2.05) is 31.2 Å². The number of carbonyl (C=O) groups is 1. The molecule has 0 radical (unpaired) electrons. The topological polar surface area (TPSA) is 68.0 Å². The van der Waals surface area contributed by atoms with Crippen molar-refractivity contribution >= 4 is 27.5 Å². The van der Waals surface area contributed by atoms with Crippen LogP contribution < -0.4 is 11.1 Å². The average molecular weight is 352 g/mol. The van der Waals surface area contributed by atoms with Gasteiger partial charge in [0.2, 0.25) is 5.91 Å². The van der Waals surface area contributed by atoms with Crippen molar-refractivity contribution < 1.29 is 9.18 Å². The minimum absolute atomic E-state index is 0.377. The molecule has 2 aromatic rings. The maximum atomic E-state index is 13.1. The molecule has 1 atom stereocenters. The second-order valence-electron chi connectivity index (χ2n) is 4.59. The van der Waals surface area contributed by atoms with Crippen LogP contribution in [-0.2, 0) is 10.3 Å². The number of amides is 1. The molecule has 0 spiro atoms. The van der Waals surface area contributed by atoms with Gasteiger partial charge in [0, 0.05) is 10.2 Å². The van der Waals surface area contributed by atoms with Gasteiger partial charge in [-0.05, 0) is 46.6 Å². The molecule has 3 N–H and O–H groups in total. The van der Waals surface area contributed by atoms with Gasteiger partial charge in [0.05, 0.1) is 11.9 Å². The highest BCUT2D eigenvalue weighted by molar-refractivity contribution is 9.10. The summed E-state index contributed by atoms with van der Waals surface area (Å²) in [5.74, 6) is -1.03. The molecule has 0 fully saturated rings. The molecule has 2 rings (SSSR count). The van der Waals surface area contributed by atoms with Gasteiger partial charge in [0.25, 0.3) is 0 Å². The number of primary amides is 1. The van der Waals surface area contributed by atoms with E-state index in [1.54, 1.807) is 0 Å². The minimum atomic E-state index is -1.20. The predicted molar refractivity (Wildman–Crippen MR) is 83.1 cm³/mol. The highest BCUT2D eigenvalue weighted by Crippen LogP contribution is 2.32. The molecule has 6 heteroatoms. The van der Waals surface area contributed by atoms with Gasteiger partial charge in [-0.1, -0.05) is 19.1 Å². The van der Waals surface area contributed by atoms with E-state index in [1.165, 1.54) is 12.1 Å². The number of aromatic nitrogens is 1. The molecule has 1 aromatic carbocycles. The zero-order chi connectivity index (χ0) is 15.5. The third kappa shape index (κ3) is 3.05. The molecule has 1 heterocycles. The van der Waals surface area contributed by atoms with E-state index in [2.05, 4.69) is 26.2 Å². The minimum Gasteiger partial charge on any atom is -0.367 e. The molecule has 110 valence electrons. The summed E-state index contributed by atoms with van der Waals surface area (Å²) in [5.41, 5.74) is 5.50. The van der Waals surface area contributed by atoms with Crippen molar-refractivity contribution in [2.75, 3.05) is 5.32 Å². The van der Waals surface area contributed by atoms with Crippen molar-refractivity contribution in [2.24, 2.45) is 5.73 Å². The molecular weight excluding hydrogens is 337 g/mol. The van der Waals surface area contributed by atoms with Gasteiger partial charge in [-0.25, -0.2) is 4.39 Å². The maximum Gasteiger partial charge on any atom is 0.249 e. The van der Waals surface area contributed by atoms with Crippen molar-refractivity contribution in [1.82, 2.24) is 4.98 Å². The summed E-state index contributed by atoms with van der Waals surface area (Å²) in [5, 5.41) is 3.14. The lowest BCUT2D eigenvalue weighted by molar-refractivity contribution is -0.122. The van der Waals surface area contributed by atoms with Crippen LogP contribution in [0.15, 0.2) is 47.1 Å². The number of pyridine rings is 1. The molecule has 21 heavy (non-hydrogen) atoms. The van der Waals surface area contributed by atoms with Crippen LogP contribution in [0.4, 0.5) is 10.1 Å². The Hall–Kier alpha value is -1.95. The Kier molecular flexibility index (Phi) is 4.57. The number of hydrogen-bond donors (Lipinski definition) is 2. The summed E-state index contributed by atoms with van der Waals surface area (Å²) in [4.78, 5) is 16.1. The predicted octanol–water partition coefficient (Wildman–Crippen LogP) is 3.19. The molecule has 0 bridgehead atoms. The van der Waals surface area contributed by atoms with Crippen molar-refractivity contribution in [3.8, 4) is 0 Å². The molecular formula is C15H15BrFN3O. The summed E-state index contributed by atoms with van der Waals surface area (Å²) in [7, 11) is 0. The van der Waals surface area contributed by atoms with Crippen LogP contribution in [0.2, 0.25) is 0 Å². The second kappa shape index (κ2) is 6.22. The summed E-state index contributed by atoms with van der Waals surface area (Å²) >= 11 is 3.42. The van der Waals surface area contributed by atoms with Crippen LogP contribution in [-0.4, -0.2) is 10.9 Å². The van der Waals surface area contributed by atoms with Crippen LogP contribution in [0.25, 0.3) is 0 Å². The van der Waals surface area contributed by atoms with E-state index in [9.17, 15) is 9.18 Å². The van der Waals surface area contributed by atoms with Gasteiger partial charge < -0.3 is 11.1 Å². The SMILES string of the molecule is CCC(Nc1ccccc1Br)(C(N)=O)c1ccc(F)cn1. The average Bonchev–Trinajstić information content (AvgIpc) is 2.47. The Balaban J connectivity index is 2.50. The Morgan fingerprint density at radius 3 is 2.62 bits per heavy atom. The molecule has 0 aliphatic heterocycles. The van der Waals surface area contributed by atoms with E-state index in [0.717, 1.165) is 10.7 Å². The monoisotopic (exact) mass is 351 g/mol. The van der Waals surface area contributed by atoms with E-state index < -0.39 is 17.3 Å². The normalized spacial score (nSPS) is 13.5. The zero-order valence-corrected chi connectivity index (χ0v) is 13.0. The Morgan fingerprint density at radius 2 is 2.10 bits per heavy atom. The molecule has 0 aliphatic rings. The van der Waals surface area contributed by atoms with Gasteiger partial charge >= 0.3 is 0 Å². The number of nitrogens with zero attached hydrogens (tertiary/aromatic N) is 1. The third-order valence-electron chi connectivity index (χ3n) is 3.34. The van der Waals surface area contributed by atoms with E-state index >= 15 is 0 Å². The third-order valence-corrected chi connectivity index (χ3v) is 4.03.